The smallest absolute Gasteiger partial charge is 0.142 e. The number of methoxy groups -OCH3 is 1. The summed E-state index contributed by atoms with van der Waals surface area (Å²) in [4.78, 5) is 14.0. The molecule has 2 bridgehead atoms. The number of carbonyl (C=O) groups excluding carboxylic acids is 1. The molecule has 0 radical (unpaired) electrons. The predicted octanol–water partition coefficient (Wildman–Crippen LogP) is 5.84. The van der Waals surface area contributed by atoms with Crippen molar-refractivity contribution >= 4 is 5.78 Å². The SMILES string of the molecule is C=C1[C@@H]2[C@@H](CO)C[C@](C(=O)CCc3cccc(-c4ccc([C@H](CNC)c5ccc(O)cc5)c(O)c4)c3)([C@@H]2OC)C1(C)C. The van der Waals surface area contributed by atoms with Gasteiger partial charge in [0.2, 0.25) is 0 Å². The fourth-order valence-corrected chi connectivity index (χ4v) is 7.86. The summed E-state index contributed by atoms with van der Waals surface area (Å²) in [5.74, 6) is 0.523. The molecule has 2 fully saturated rings. The summed E-state index contributed by atoms with van der Waals surface area (Å²) in [6, 6.07) is 21.0. The van der Waals surface area contributed by atoms with Gasteiger partial charge in [-0.1, -0.05) is 74.5 Å². The van der Waals surface area contributed by atoms with E-state index >= 15 is 0 Å². The average Bonchev–Trinajstić information content (AvgIpc) is 3.42. The van der Waals surface area contributed by atoms with Crippen LogP contribution in [0.2, 0.25) is 0 Å². The van der Waals surface area contributed by atoms with Crippen LogP contribution in [-0.2, 0) is 16.0 Å². The molecule has 0 unspecified atom stereocenters. The summed E-state index contributed by atoms with van der Waals surface area (Å²) >= 11 is 0. The highest BCUT2D eigenvalue weighted by Crippen LogP contribution is 2.69. The number of ether oxygens (including phenoxy) is 1. The number of phenolic OH excluding ortho intramolecular Hbond substituents is 2. The number of benzene rings is 3. The van der Waals surface area contributed by atoms with Crippen LogP contribution in [-0.4, -0.2) is 54.5 Å². The number of likely N-dealkylation sites (N-methyl/N-ethyl adjacent to an activating group) is 1. The Labute approximate surface area is 249 Å². The molecule has 2 aliphatic rings. The molecule has 5 rings (SSSR count). The van der Waals surface area contributed by atoms with Gasteiger partial charge in [-0.15, -0.1) is 0 Å². The maximum absolute atomic E-state index is 14.0. The van der Waals surface area contributed by atoms with Crippen molar-refractivity contribution in [3.8, 4) is 22.6 Å². The largest absolute Gasteiger partial charge is 0.508 e. The van der Waals surface area contributed by atoms with Gasteiger partial charge in [-0.25, -0.2) is 0 Å². The summed E-state index contributed by atoms with van der Waals surface area (Å²) in [6.45, 7) is 9.23. The van der Waals surface area contributed by atoms with Crippen molar-refractivity contribution in [3.63, 3.8) is 0 Å². The number of hydrogen-bond donors (Lipinski definition) is 4. The third-order valence-electron chi connectivity index (χ3n) is 10.2. The molecule has 3 aromatic carbocycles. The van der Waals surface area contributed by atoms with Crippen LogP contribution in [0.25, 0.3) is 11.1 Å². The van der Waals surface area contributed by atoms with Crippen LogP contribution in [0, 0.1) is 22.7 Å². The quantitative estimate of drug-likeness (QED) is 0.217. The van der Waals surface area contributed by atoms with Crippen LogP contribution >= 0.6 is 0 Å². The van der Waals surface area contributed by atoms with Crippen LogP contribution in [0.15, 0.2) is 78.9 Å². The maximum atomic E-state index is 14.0. The number of phenols is 2. The van der Waals surface area contributed by atoms with Gasteiger partial charge in [-0.05, 0) is 66.3 Å². The second-order valence-electron chi connectivity index (χ2n) is 12.5. The molecule has 5 atom stereocenters. The van der Waals surface area contributed by atoms with Gasteiger partial charge >= 0.3 is 0 Å². The Balaban J connectivity index is 1.35. The second-order valence-corrected chi connectivity index (χ2v) is 12.5. The monoisotopic (exact) mass is 569 g/mol. The maximum Gasteiger partial charge on any atom is 0.142 e. The lowest BCUT2D eigenvalue weighted by Gasteiger charge is -2.44. The number of nitrogens with one attached hydrogen (secondary N) is 1. The second kappa shape index (κ2) is 11.7. The van der Waals surface area contributed by atoms with Gasteiger partial charge in [0, 0.05) is 49.5 Å². The van der Waals surface area contributed by atoms with E-state index in [0.717, 1.165) is 33.4 Å². The summed E-state index contributed by atoms with van der Waals surface area (Å²) in [5, 5.41) is 34.1. The van der Waals surface area contributed by atoms with Gasteiger partial charge in [0.25, 0.3) is 0 Å². The summed E-state index contributed by atoms with van der Waals surface area (Å²) in [7, 11) is 3.55. The standard InChI is InChI=1S/C36H43NO5/c1-22-33-27(21-38)19-36(34(33)42-5,35(22,2)3)32(41)16-9-23-7-6-8-25(17-23)26-12-15-29(31(40)18-26)30(20-37-4)24-10-13-28(39)14-11-24/h6-8,10-15,17-18,27,30,33-34,37-40H,1,9,16,19-21H2,2-5H3/t27-,30-,33-,34-,36+/m1/s1. The van der Waals surface area contributed by atoms with Gasteiger partial charge in [-0.2, -0.15) is 0 Å². The Morgan fingerprint density at radius 1 is 1.07 bits per heavy atom. The highest BCUT2D eigenvalue weighted by molar-refractivity contribution is 5.89. The first-order valence-corrected chi connectivity index (χ1v) is 14.8. The molecular weight excluding hydrogens is 526 g/mol. The fourth-order valence-electron chi connectivity index (χ4n) is 7.86. The van der Waals surface area contributed by atoms with E-state index in [1.165, 1.54) is 0 Å². The van der Waals surface area contributed by atoms with Gasteiger partial charge in [0.05, 0.1) is 11.5 Å². The van der Waals surface area contributed by atoms with Crippen LogP contribution in [0.3, 0.4) is 0 Å². The van der Waals surface area contributed by atoms with Gasteiger partial charge in [-0.3, -0.25) is 4.79 Å². The number of aliphatic hydroxyl groups excluding tert-OH is 1. The molecule has 6 nitrogen and oxygen atoms in total. The molecule has 4 N–H and O–H groups in total. The number of fused-ring (bicyclic) bond motifs is 2. The average molecular weight is 570 g/mol. The number of rotatable bonds is 11. The van der Waals surface area contributed by atoms with Crippen LogP contribution in [0.1, 0.15) is 49.3 Å². The zero-order valence-electron chi connectivity index (χ0n) is 25.1. The van der Waals surface area contributed by atoms with E-state index in [-0.39, 0.29) is 47.7 Å². The highest BCUT2D eigenvalue weighted by atomic mass is 16.5. The van der Waals surface area contributed by atoms with Crippen LogP contribution in [0.5, 0.6) is 11.5 Å². The first kappa shape index (κ1) is 30.0. The number of aryl methyl sites for hydroxylation is 1. The molecule has 0 aliphatic heterocycles. The van der Waals surface area contributed by atoms with E-state index in [0.29, 0.717) is 25.8 Å². The van der Waals surface area contributed by atoms with Crippen molar-refractivity contribution < 1.29 is 24.9 Å². The molecule has 0 aromatic heterocycles. The predicted molar refractivity (Wildman–Crippen MR) is 166 cm³/mol. The Hall–Kier alpha value is -3.45. The van der Waals surface area contributed by atoms with Crippen molar-refractivity contribution in [3.05, 3.63) is 95.6 Å². The highest BCUT2D eigenvalue weighted by Gasteiger charge is 2.71. The van der Waals surface area contributed by atoms with E-state index in [1.54, 1.807) is 25.3 Å². The zero-order valence-corrected chi connectivity index (χ0v) is 25.1. The minimum atomic E-state index is -0.683. The number of Topliss-reactive ketones (excluding diaryl/α,β-unsaturated/α-hetero) is 1. The van der Waals surface area contributed by atoms with Crippen molar-refractivity contribution in [2.45, 2.75) is 45.1 Å². The molecule has 6 heteroatoms. The molecule has 3 aromatic rings. The zero-order chi connectivity index (χ0) is 30.2. The third kappa shape index (κ3) is 4.85. The molecule has 0 saturated heterocycles. The first-order chi connectivity index (χ1) is 20.1. The van der Waals surface area contributed by atoms with E-state index in [9.17, 15) is 20.1 Å². The minimum absolute atomic E-state index is 0.000137. The molecule has 222 valence electrons. The topological polar surface area (TPSA) is 99.0 Å². The summed E-state index contributed by atoms with van der Waals surface area (Å²) in [6.07, 6.45) is 1.34. The number of hydrogen-bond acceptors (Lipinski definition) is 6. The molecule has 0 heterocycles. The van der Waals surface area contributed by atoms with Crippen LogP contribution < -0.4 is 5.32 Å². The Bertz CT molecular complexity index is 1460. The number of aromatic hydroxyl groups is 2. The lowest BCUT2D eigenvalue weighted by molar-refractivity contribution is -0.141. The Morgan fingerprint density at radius 2 is 1.79 bits per heavy atom. The number of aliphatic hydroxyl groups is 1. The first-order valence-electron chi connectivity index (χ1n) is 14.8. The molecule has 42 heavy (non-hydrogen) atoms. The normalized spacial score (nSPS) is 25.1. The van der Waals surface area contributed by atoms with E-state index in [4.69, 9.17) is 4.74 Å². The fraction of sp³-hybridized carbons (Fsp3) is 0.417. The lowest BCUT2D eigenvalue weighted by atomic mass is 9.58. The van der Waals surface area contributed by atoms with Crippen molar-refractivity contribution in [1.29, 1.82) is 0 Å². The van der Waals surface area contributed by atoms with Gasteiger partial charge in [0.1, 0.15) is 17.3 Å². The Morgan fingerprint density at radius 3 is 2.43 bits per heavy atom. The summed E-state index contributed by atoms with van der Waals surface area (Å²) in [5.41, 5.74) is 4.67. The molecular formula is C36H43NO5. The third-order valence-corrected chi connectivity index (χ3v) is 10.2. The molecule has 2 saturated carbocycles. The molecule has 2 aliphatic carbocycles. The van der Waals surface area contributed by atoms with Crippen molar-refractivity contribution in [2.75, 3.05) is 27.3 Å². The molecule has 0 amide bonds. The van der Waals surface area contributed by atoms with Gasteiger partial charge < -0.3 is 25.4 Å². The van der Waals surface area contributed by atoms with Crippen molar-refractivity contribution in [2.24, 2.45) is 22.7 Å². The minimum Gasteiger partial charge on any atom is -0.508 e. The molecule has 0 spiro atoms. The summed E-state index contributed by atoms with van der Waals surface area (Å²) < 4.78 is 5.94. The number of ketones is 1. The lowest BCUT2D eigenvalue weighted by Crippen LogP contribution is -2.47. The van der Waals surface area contributed by atoms with E-state index in [1.807, 2.05) is 49.5 Å². The Kier molecular flexibility index (Phi) is 8.35. The van der Waals surface area contributed by atoms with Crippen LogP contribution in [0.4, 0.5) is 0 Å². The van der Waals surface area contributed by atoms with Crippen molar-refractivity contribution in [1.82, 2.24) is 5.32 Å². The van der Waals surface area contributed by atoms with E-state index < -0.39 is 10.8 Å². The van der Waals surface area contributed by atoms with E-state index in [2.05, 4.69) is 31.8 Å². The van der Waals surface area contributed by atoms with Gasteiger partial charge in [0.15, 0.2) is 0 Å². The number of carbonyl (C=O) groups is 1.